The Bertz CT molecular complexity index is 1250. The third-order valence-electron chi connectivity index (χ3n) is 6.00. The maximum Gasteiger partial charge on any atom is 0.241 e. The van der Waals surface area contributed by atoms with Crippen molar-refractivity contribution in [3.8, 4) is 0 Å². The van der Waals surface area contributed by atoms with Gasteiger partial charge in [-0.1, -0.05) is 61.0 Å². The van der Waals surface area contributed by atoms with Crippen molar-refractivity contribution in [3.63, 3.8) is 0 Å². The van der Waals surface area contributed by atoms with Crippen LogP contribution in [-0.2, 0) is 21.2 Å². The zero-order valence-electron chi connectivity index (χ0n) is 18.6. The molecule has 0 radical (unpaired) electrons. The van der Waals surface area contributed by atoms with E-state index in [1.807, 2.05) is 63.2 Å². The molecule has 1 unspecified atom stereocenters. The van der Waals surface area contributed by atoms with Crippen LogP contribution in [0.3, 0.4) is 0 Å². The van der Waals surface area contributed by atoms with E-state index in [1.165, 1.54) is 0 Å². The molecule has 32 heavy (non-hydrogen) atoms. The van der Waals surface area contributed by atoms with E-state index in [1.54, 1.807) is 23.1 Å². The number of aryl methyl sites for hydroxylation is 2. The minimum absolute atomic E-state index is 0.0523. The van der Waals surface area contributed by atoms with E-state index in [0.29, 0.717) is 19.4 Å². The number of hydrogen-bond donors (Lipinski definition) is 1. The Kier molecular flexibility index (Phi) is 6.17. The molecule has 6 heteroatoms. The number of anilines is 1. The summed E-state index contributed by atoms with van der Waals surface area (Å²) in [5.41, 5.74) is 5.66. The monoisotopic (exact) mass is 448 g/mol. The fourth-order valence-electron chi connectivity index (χ4n) is 4.32. The highest BCUT2D eigenvalue weighted by Crippen LogP contribution is 2.32. The lowest BCUT2D eigenvalue weighted by molar-refractivity contribution is -0.118. The second-order valence-electron chi connectivity index (χ2n) is 8.26. The number of fused-ring (bicyclic) bond motifs is 1. The maximum absolute atomic E-state index is 13.4. The number of hydrogen-bond acceptors (Lipinski definition) is 3. The largest absolute Gasteiger partial charge is 0.312 e. The number of rotatable bonds is 6. The average molecular weight is 449 g/mol. The Morgan fingerprint density at radius 3 is 2.47 bits per heavy atom. The smallest absolute Gasteiger partial charge is 0.241 e. The van der Waals surface area contributed by atoms with Gasteiger partial charge in [-0.3, -0.25) is 4.79 Å². The van der Waals surface area contributed by atoms with Gasteiger partial charge in [-0.2, -0.15) is 4.72 Å². The molecule has 0 saturated heterocycles. The number of nitrogens with one attached hydrogen (secondary N) is 1. The first kappa shape index (κ1) is 22.2. The number of carbonyl (C=O) groups excluding carboxylic acids is 1. The lowest BCUT2D eigenvalue weighted by Gasteiger charge is -2.22. The van der Waals surface area contributed by atoms with Crippen LogP contribution in [-0.4, -0.2) is 20.9 Å². The molecule has 0 aromatic heterocycles. The Balaban J connectivity index is 1.70. The molecule has 166 valence electrons. The van der Waals surface area contributed by atoms with Crippen LogP contribution in [0.25, 0.3) is 0 Å². The van der Waals surface area contributed by atoms with Gasteiger partial charge in [0.25, 0.3) is 0 Å². The summed E-state index contributed by atoms with van der Waals surface area (Å²) >= 11 is 0. The molecule has 5 nitrogen and oxygen atoms in total. The summed E-state index contributed by atoms with van der Waals surface area (Å²) in [4.78, 5) is 14.1. The zero-order chi connectivity index (χ0) is 22.9. The summed E-state index contributed by atoms with van der Waals surface area (Å²) in [6, 6.07) is 20.2. The van der Waals surface area contributed by atoms with Gasteiger partial charge in [0.15, 0.2) is 0 Å². The molecule has 1 aliphatic heterocycles. The molecular formula is C26H28N2O3S. The van der Waals surface area contributed by atoms with E-state index in [0.717, 1.165) is 33.5 Å². The van der Waals surface area contributed by atoms with Gasteiger partial charge in [0, 0.05) is 18.7 Å². The predicted molar refractivity (Wildman–Crippen MR) is 127 cm³/mol. The van der Waals surface area contributed by atoms with Crippen LogP contribution in [0.1, 0.15) is 47.2 Å². The quantitative estimate of drug-likeness (QED) is 0.596. The SMILES string of the molecule is CCC(=O)N1CCc2cc(S(=O)(=O)NC(c3ccccc3)c3ccc(C)cc3C)ccc21. The summed E-state index contributed by atoms with van der Waals surface area (Å²) in [5.74, 6) is 0.0523. The van der Waals surface area contributed by atoms with Gasteiger partial charge in [-0.15, -0.1) is 0 Å². The van der Waals surface area contributed by atoms with E-state index in [4.69, 9.17) is 0 Å². The lowest BCUT2D eigenvalue weighted by Crippen LogP contribution is -2.30. The summed E-state index contributed by atoms with van der Waals surface area (Å²) < 4.78 is 29.8. The van der Waals surface area contributed by atoms with Crippen molar-refractivity contribution in [1.29, 1.82) is 0 Å². The molecule has 1 atom stereocenters. The second kappa shape index (κ2) is 8.88. The second-order valence-corrected chi connectivity index (χ2v) is 9.98. The Hall–Kier alpha value is -2.96. The van der Waals surface area contributed by atoms with Crippen LogP contribution in [0.2, 0.25) is 0 Å². The highest BCUT2D eigenvalue weighted by atomic mass is 32.2. The third kappa shape index (κ3) is 4.33. The zero-order valence-corrected chi connectivity index (χ0v) is 19.4. The van der Waals surface area contributed by atoms with Crippen molar-refractivity contribution in [2.75, 3.05) is 11.4 Å². The maximum atomic E-state index is 13.4. The van der Waals surface area contributed by atoms with E-state index >= 15 is 0 Å². The molecule has 0 bridgehead atoms. The molecular weight excluding hydrogens is 420 g/mol. The molecule has 3 aromatic carbocycles. The molecule has 0 fully saturated rings. The van der Waals surface area contributed by atoms with Crippen LogP contribution in [0.5, 0.6) is 0 Å². The number of nitrogens with zero attached hydrogens (tertiary/aromatic N) is 1. The predicted octanol–water partition coefficient (Wildman–Crippen LogP) is 4.67. The molecule has 1 aliphatic rings. The van der Waals surface area contributed by atoms with Crippen LogP contribution in [0.4, 0.5) is 5.69 Å². The Morgan fingerprint density at radius 1 is 1.03 bits per heavy atom. The molecule has 3 aromatic rings. The first-order chi connectivity index (χ1) is 15.3. The van der Waals surface area contributed by atoms with Crippen molar-refractivity contribution < 1.29 is 13.2 Å². The first-order valence-corrected chi connectivity index (χ1v) is 12.4. The Labute approximate surface area is 190 Å². The minimum atomic E-state index is -3.80. The van der Waals surface area contributed by atoms with Crippen LogP contribution >= 0.6 is 0 Å². The van der Waals surface area contributed by atoms with Gasteiger partial charge in [0.05, 0.1) is 10.9 Å². The topological polar surface area (TPSA) is 66.5 Å². The summed E-state index contributed by atoms with van der Waals surface area (Å²) in [6.45, 7) is 6.45. The van der Waals surface area contributed by atoms with Crippen LogP contribution in [0.15, 0.2) is 71.6 Å². The standard InChI is InChI=1S/C26H28N2O3S/c1-4-25(29)28-15-14-21-17-22(11-13-24(21)28)32(30,31)27-26(20-8-6-5-7-9-20)23-12-10-18(2)16-19(23)3/h5-13,16-17,26-27H,4,14-15H2,1-3H3. The molecule has 1 heterocycles. The van der Waals surface area contributed by atoms with Crippen molar-refractivity contribution in [1.82, 2.24) is 4.72 Å². The minimum Gasteiger partial charge on any atom is -0.312 e. The summed E-state index contributed by atoms with van der Waals surface area (Å²) in [5, 5.41) is 0. The summed E-state index contributed by atoms with van der Waals surface area (Å²) in [7, 11) is -3.80. The van der Waals surface area contributed by atoms with Crippen molar-refractivity contribution in [3.05, 3.63) is 94.5 Å². The molecule has 1 amide bonds. The average Bonchev–Trinajstić information content (AvgIpc) is 3.21. The normalized spacial score (nSPS) is 14.3. The van der Waals surface area contributed by atoms with Crippen molar-refractivity contribution in [2.24, 2.45) is 0 Å². The number of sulfonamides is 1. The van der Waals surface area contributed by atoms with Crippen molar-refractivity contribution >= 4 is 21.6 Å². The van der Waals surface area contributed by atoms with Gasteiger partial charge in [0.2, 0.25) is 15.9 Å². The third-order valence-corrected chi connectivity index (χ3v) is 7.42. The van der Waals surface area contributed by atoms with Gasteiger partial charge in [-0.25, -0.2) is 8.42 Å². The van der Waals surface area contributed by atoms with E-state index in [-0.39, 0.29) is 10.8 Å². The highest BCUT2D eigenvalue weighted by molar-refractivity contribution is 7.89. The van der Waals surface area contributed by atoms with E-state index in [2.05, 4.69) is 10.8 Å². The Morgan fingerprint density at radius 2 is 1.78 bits per heavy atom. The van der Waals surface area contributed by atoms with Gasteiger partial charge >= 0.3 is 0 Å². The van der Waals surface area contributed by atoms with Crippen LogP contribution in [0, 0.1) is 13.8 Å². The van der Waals surface area contributed by atoms with E-state index in [9.17, 15) is 13.2 Å². The number of amides is 1. The first-order valence-electron chi connectivity index (χ1n) is 10.9. The van der Waals surface area contributed by atoms with Gasteiger partial charge < -0.3 is 4.90 Å². The van der Waals surface area contributed by atoms with Crippen molar-refractivity contribution in [2.45, 2.75) is 44.6 Å². The fourth-order valence-corrected chi connectivity index (χ4v) is 5.58. The number of carbonyl (C=O) groups is 1. The molecule has 0 saturated carbocycles. The van der Waals surface area contributed by atoms with Crippen LogP contribution < -0.4 is 9.62 Å². The summed E-state index contributed by atoms with van der Waals surface area (Å²) in [6.07, 6.45) is 1.08. The van der Waals surface area contributed by atoms with Gasteiger partial charge in [0.1, 0.15) is 0 Å². The molecule has 0 aliphatic carbocycles. The fraction of sp³-hybridized carbons (Fsp3) is 0.269. The number of benzene rings is 3. The van der Waals surface area contributed by atoms with E-state index < -0.39 is 16.1 Å². The molecule has 4 rings (SSSR count). The molecule has 1 N–H and O–H groups in total. The van der Waals surface area contributed by atoms with Gasteiger partial charge in [-0.05, 0) is 60.7 Å². The lowest BCUT2D eigenvalue weighted by atomic mass is 9.95. The molecule has 0 spiro atoms. The highest BCUT2D eigenvalue weighted by Gasteiger charge is 2.28.